The van der Waals surface area contributed by atoms with Crippen molar-refractivity contribution >= 4 is 29.9 Å². The van der Waals surface area contributed by atoms with E-state index in [1.807, 2.05) is 11.7 Å². The first-order chi connectivity index (χ1) is 10.1. The minimum atomic E-state index is 0. The molecule has 1 aromatic rings. The lowest BCUT2D eigenvalue weighted by Crippen LogP contribution is -2.41. The van der Waals surface area contributed by atoms with Crippen molar-refractivity contribution in [2.24, 2.45) is 17.8 Å². The Bertz CT molecular complexity index is 489. The molecular formula is C16H30IN5. The molecule has 0 saturated heterocycles. The summed E-state index contributed by atoms with van der Waals surface area (Å²) in [5.41, 5.74) is 9.71. The lowest BCUT2D eigenvalue weighted by Gasteiger charge is -2.23. The lowest BCUT2D eigenvalue weighted by molar-refractivity contribution is 0.412. The summed E-state index contributed by atoms with van der Waals surface area (Å²) in [6.07, 6.45) is 8.47. The summed E-state index contributed by atoms with van der Waals surface area (Å²) < 4.78 is 1.95. The van der Waals surface area contributed by atoms with Crippen molar-refractivity contribution in [2.75, 3.05) is 6.54 Å². The minimum Gasteiger partial charge on any atom is -0.370 e. The second-order valence-corrected chi connectivity index (χ2v) is 6.12. The monoisotopic (exact) mass is 419 g/mol. The lowest BCUT2D eigenvalue weighted by atomic mass is 9.96. The average molecular weight is 419 g/mol. The Morgan fingerprint density at radius 1 is 1.32 bits per heavy atom. The molecule has 6 heteroatoms. The standard InChI is InChI=1S/C16H29N5.HI/c1-12-15(13(2)21(3)20-12)10-7-11-18-16(17)19-14-8-5-4-6-9-14;/h14H,4-11H2,1-3H3,(H3,17,18,19);1H. The van der Waals surface area contributed by atoms with Crippen LogP contribution in [0, 0.1) is 13.8 Å². The van der Waals surface area contributed by atoms with Crippen LogP contribution in [0.1, 0.15) is 55.5 Å². The third-order valence-electron chi connectivity index (χ3n) is 4.48. The number of aryl methyl sites for hydroxylation is 2. The average Bonchev–Trinajstić information content (AvgIpc) is 2.70. The molecule has 0 aliphatic heterocycles. The maximum atomic E-state index is 5.97. The van der Waals surface area contributed by atoms with E-state index in [0.29, 0.717) is 12.0 Å². The van der Waals surface area contributed by atoms with Crippen LogP contribution in [-0.2, 0) is 13.5 Å². The Balaban J connectivity index is 0.00000242. The van der Waals surface area contributed by atoms with Crippen LogP contribution in [0.25, 0.3) is 0 Å². The van der Waals surface area contributed by atoms with E-state index in [2.05, 4.69) is 29.3 Å². The van der Waals surface area contributed by atoms with Crippen LogP contribution >= 0.6 is 24.0 Å². The van der Waals surface area contributed by atoms with Crippen LogP contribution in [-0.4, -0.2) is 28.3 Å². The first kappa shape index (κ1) is 19.3. The molecule has 5 nitrogen and oxygen atoms in total. The van der Waals surface area contributed by atoms with Crippen LogP contribution in [0.2, 0.25) is 0 Å². The van der Waals surface area contributed by atoms with E-state index in [9.17, 15) is 0 Å². The Labute approximate surface area is 151 Å². The van der Waals surface area contributed by atoms with Crippen LogP contribution in [0.5, 0.6) is 0 Å². The summed E-state index contributed by atoms with van der Waals surface area (Å²) in [4.78, 5) is 4.46. The molecule has 0 aromatic carbocycles. The quantitative estimate of drug-likeness (QED) is 0.334. The zero-order valence-electron chi connectivity index (χ0n) is 14.1. The highest BCUT2D eigenvalue weighted by atomic mass is 127. The van der Waals surface area contributed by atoms with Crippen molar-refractivity contribution in [1.82, 2.24) is 15.1 Å². The van der Waals surface area contributed by atoms with E-state index in [1.165, 1.54) is 43.4 Å². The first-order valence-corrected chi connectivity index (χ1v) is 8.13. The van der Waals surface area contributed by atoms with Gasteiger partial charge in [0.05, 0.1) is 5.69 Å². The maximum absolute atomic E-state index is 5.97. The van der Waals surface area contributed by atoms with Gasteiger partial charge in [-0.2, -0.15) is 5.10 Å². The number of nitrogens with one attached hydrogen (secondary N) is 1. The van der Waals surface area contributed by atoms with Gasteiger partial charge in [-0.15, -0.1) is 24.0 Å². The number of hydrogen-bond donors (Lipinski definition) is 2. The number of aromatic nitrogens is 2. The summed E-state index contributed by atoms with van der Waals surface area (Å²) in [6, 6.07) is 0.533. The molecule has 0 atom stereocenters. The molecule has 1 heterocycles. The van der Waals surface area contributed by atoms with E-state index in [-0.39, 0.29) is 24.0 Å². The van der Waals surface area contributed by atoms with Gasteiger partial charge >= 0.3 is 0 Å². The highest BCUT2D eigenvalue weighted by molar-refractivity contribution is 14.0. The highest BCUT2D eigenvalue weighted by Gasteiger charge is 2.13. The van der Waals surface area contributed by atoms with Gasteiger partial charge in [-0.05, 0) is 45.1 Å². The molecule has 0 unspecified atom stereocenters. The third kappa shape index (κ3) is 5.44. The van der Waals surface area contributed by atoms with Crippen molar-refractivity contribution < 1.29 is 0 Å². The van der Waals surface area contributed by atoms with Crippen LogP contribution in [0.15, 0.2) is 4.99 Å². The summed E-state index contributed by atoms with van der Waals surface area (Å²) >= 11 is 0. The molecule has 0 spiro atoms. The van der Waals surface area contributed by atoms with Crippen LogP contribution < -0.4 is 11.1 Å². The molecule has 3 N–H and O–H groups in total. The second-order valence-electron chi connectivity index (χ2n) is 6.12. The number of hydrogen-bond acceptors (Lipinski definition) is 2. The fourth-order valence-corrected chi connectivity index (χ4v) is 3.14. The normalized spacial score (nSPS) is 16.4. The summed E-state index contributed by atoms with van der Waals surface area (Å²) in [5, 5.41) is 7.80. The van der Waals surface area contributed by atoms with Crippen LogP contribution in [0.3, 0.4) is 0 Å². The van der Waals surface area contributed by atoms with Gasteiger partial charge in [-0.25, -0.2) is 0 Å². The smallest absolute Gasteiger partial charge is 0.188 e. The fraction of sp³-hybridized carbons (Fsp3) is 0.750. The van der Waals surface area contributed by atoms with Crippen LogP contribution in [0.4, 0.5) is 0 Å². The predicted molar refractivity (Wildman–Crippen MR) is 103 cm³/mol. The van der Waals surface area contributed by atoms with Gasteiger partial charge in [0.1, 0.15) is 0 Å². The van der Waals surface area contributed by atoms with Crippen molar-refractivity contribution in [1.29, 1.82) is 0 Å². The van der Waals surface area contributed by atoms with Crippen molar-refractivity contribution in [3.8, 4) is 0 Å². The molecule has 0 radical (unpaired) electrons. The van der Waals surface area contributed by atoms with Gasteiger partial charge in [-0.1, -0.05) is 19.3 Å². The Hall–Kier alpha value is -0.790. The second kappa shape index (κ2) is 9.37. The number of nitrogens with zero attached hydrogens (tertiary/aromatic N) is 3. The molecule has 1 aliphatic rings. The van der Waals surface area contributed by atoms with E-state index >= 15 is 0 Å². The molecule has 22 heavy (non-hydrogen) atoms. The molecule has 1 aromatic heterocycles. The summed E-state index contributed by atoms with van der Waals surface area (Å²) in [6.45, 7) is 4.97. The van der Waals surface area contributed by atoms with Gasteiger partial charge < -0.3 is 11.1 Å². The molecule has 126 valence electrons. The number of halogens is 1. The van der Waals surface area contributed by atoms with Gasteiger partial charge in [0, 0.05) is 25.3 Å². The Morgan fingerprint density at radius 2 is 2.00 bits per heavy atom. The molecule has 1 saturated carbocycles. The fourth-order valence-electron chi connectivity index (χ4n) is 3.14. The molecular weight excluding hydrogens is 389 g/mol. The van der Waals surface area contributed by atoms with Gasteiger partial charge in [0.15, 0.2) is 5.96 Å². The predicted octanol–water partition coefficient (Wildman–Crippen LogP) is 2.82. The molecule has 2 rings (SSSR count). The zero-order chi connectivity index (χ0) is 15.2. The molecule has 0 bridgehead atoms. The molecule has 1 fully saturated rings. The van der Waals surface area contributed by atoms with E-state index in [0.717, 1.165) is 25.1 Å². The van der Waals surface area contributed by atoms with Gasteiger partial charge in [-0.3, -0.25) is 9.67 Å². The van der Waals surface area contributed by atoms with Gasteiger partial charge in [0.25, 0.3) is 0 Å². The van der Waals surface area contributed by atoms with Crippen molar-refractivity contribution in [3.63, 3.8) is 0 Å². The SMILES string of the molecule is Cc1nn(C)c(C)c1CCCN=C(N)NC1CCCCC1.I. The summed E-state index contributed by atoms with van der Waals surface area (Å²) in [7, 11) is 2.00. The topological polar surface area (TPSA) is 68.2 Å². The van der Waals surface area contributed by atoms with E-state index in [1.54, 1.807) is 0 Å². The molecule has 1 aliphatic carbocycles. The minimum absolute atomic E-state index is 0. The van der Waals surface area contributed by atoms with E-state index < -0.39 is 0 Å². The molecule has 0 amide bonds. The largest absolute Gasteiger partial charge is 0.370 e. The highest BCUT2D eigenvalue weighted by Crippen LogP contribution is 2.17. The maximum Gasteiger partial charge on any atom is 0.188 e. The number of aliphatic imine (C=N–C) groups is 1. The Kier molecular flexibility index (Phi) is 8.20. The summed E-state index contributed by atoms with van der Waals surface area (Å²) in [5.74, 6) is 0.613. The van der Waals surface area contributed by atoms with E-state index in [4.69, 9.17) is 5.73 Å². The Morgan fingerprint density at radius 3 is 2.59 bits per heavy atom. The number of guanidine groups is 1. The number of nitrogens with two attached hydrogens (primary N) is 1. The third-order valence-corrected chi connectivity index (χ3v) is 4.48. The number of rotatable bonds is 5. The van der Waals surface area contributed by atoms with Gasteiger partial charge in [0.2, 0.25) is 0 Å². The van der Waals surface area contributed by atoms with Crippen molar-refractivity contribution in [3.05, 3.63) is 17.0 Å². The van der Waals surface area contributed by atoms with Crippen molar-refractivity contribution in [2.45, 2.75) is 64.8 Å². The zero-order valence-corrected chi connectivity index (χ0v) is 16.4. The first-order valence-electron chi connectivity index (χ1n) is 8.13.